The van der Waals surface area contributed by atoms with E-state index in [9.17, 15) is 22.8 Å². The fourth-order valence-electron chi connectivity index (χ4n) is 3.30. The molecule has 0 spiro atoms. The van der Waals surface area contributed by atoms with E-state index in [4.69, 9.17) is 28.8 Å². The Hall–Kier alpha value is -3.40. The maximum Gasteiger partial charge on any atom is 0.303 e. The monoisotopic (exact) mass is 512 g/mol. The lowest BCUT2D eigenvalue weighted by molar-refractivity contribution is -0.283. The summed E-state index contributed by atoms with van der Waals surface area (Å²) in [5.41, 5.74) is 0.874. The summed E-state index contributed by atoms with van der Waals surface area (Å²) in [7, 11) is -3.83. The van der Waals surface area contributed by atoms with Crippen molar-refractivity contribution in [2.24, 2.45) is 5.14 Å². The predicted molar refractivity (Wildman–Crippen MR) is 114 cm³/mol. The number of hydrogen-bond acceptors (Lipinski definition) is 12. The SMILES string of the molecule is CC(=O)O[C@@H]1[C@@H](OCc2cn(-c3ccc(S(N)(=O)=O)cc3)nn2)OC[C@@H](OC(C)=O)[C@H]1OC(C)=O. The van der Waals surface area contributed by atoms with E-state index in [-0.39, 0.29) is 18.1 Å². The Morgan fingerprint density at radius 3 is 2.20 bits per heavy atom. The third kappa shape index (κ3) is 7.05. The average molecular weight is 512 g/mol. The van der Waals surface area contributed by atoms with Crippen molar-refractivity contribution < 1.29 is 46.5 Å². The zero-order valence-corrected chi connectivity index (χ0v) is 19.8. The van der Waals surface area contributed by atoms with Crippen LogP contribution in [0.25, 0.3) is 5.69 Å². The fraction of sp³-hybridized carbons (Fsp3) is 0.450. The number of benzene rings is 1. The lowest BCUT2D eigenvalue weighted by Crippen LogP contribution is -2.58. The number of sulfonamides is 1. The summed E-state index contributed by atoms with van der Waals surface area (Å²) >= 11 is 0. The van der Waals surface area contributed by atoms with Gasteiger partial charge < -0.3 is 23.7 Å². The second-order valence-electron chi connectivity index (χ2n) is 7.50. The molecule has 35 heavy (non-hydrogen) atoms. The van der Waals surface area contributed by atoms with Crippen molar-refractivity contribution in [3.63, 3.8) is 0 Å². The molecule has 0 radical (unpaired) electrons. The summed E-state index contributed by atoms with van der Waals surface area (Å²) in [5, 5.41) is 13.0. The average Bonchev–Trinajstić information content (AvgIpc) is 3.23. The van der Waals surface area contributed by atoms with E-state index in [0.717, 1.165) is 13.8 Å². The zero-order valence-electron chi connectivity index (χ0n) is 19.0. The highest BCUT2D eigenvalue weighted by atomic mass is 32.2. The van der Waals surface area contributed by atoms with Crippen LogP contribution in [-0.4, -0.2) is 72.5 Å². The Balaban J connectivity index is 1.73. The molecule has 1 aliphatic heterocycles. The highest BCUT2D eigenvalue weighted by Crippen LogP contribution is 2.26. The number of nitrogens with zero attached hydrogens (tertiary/aromatic N) is 3. The molecule has 190 valence electrons. The molecule has 1 saturated heterocycles. The number of primary sulfonamides is 1. The largest absolute Gasteiger partial charge is 0.456 e. The Bertz CT molecular complexity index is 1180. The molecule has 1 fully saturated rings. The Morgan fingerprint density at radius 2 is 1.63 bits per heavy atom. The molecule has 15 heteroatoms. The molecular weight excluding hydrogens is 488 g/mol. The van der Waals surface area contributed by atoms with Crippen LogP contribution in [-0.2, 0) is 54.7 Å². The van der Waals surface area contributed by atoms with Gasteiger partial charge in [-0.25, -0.2) is 18.2 Å². The summed E-state index contributed by atoms with van der Waals surface area (Å²) in [6.07, 6.45) is -3.04. The van der Waals surface area contributed by atoms with Gasteiger partial charge >= 0.3 is 17.9 Å². The molecule has 3 rings (SSSR count). The number of nitrogens with two attached hydrogens (primary N) is 1. The van der Waals surface area contributed by atoms with E-state index in [1.807, 2.05) is 0 Å². The minimum absolute atomic E-state index is 0.0507. The van der Waals surface area contributed by atoms with Gasteiger partial charge in [0.05, 0.1) is 30.0 Å². The fourth-order valence-corrected chi connectivity index (χ4v) is 3.81. The first-order valence-electron chi connectivity index (χ1n) is 10.2. The normalized spacial score (nSPS) is 22.3. The molecule has 2 aromatic rings. The van der Waals surface area contributed by atoms with Crippen LogP contribution in [0.3, 0.4) is 0 Å². The molecule has 0 amide bonds. The lowest BCUT2D eigenvalue weighted by atomic mass is 10.0. The Morgan fingerprint density at radius 1 is 1.03 bits per heavy atom. The summed E-state index contributed by atoms with van der Waals surface area (Å²) in [4.78, 5) is 34.7. The van der Waals surface area contributed by atoms with Crippen LogP contribution >= 0.6 is 0 Å². The van der Waals surface area contributed by atoms with E-state index in [0.29, 0.717) is 11.4 Å². The van der Waals surface area contributed by atoms with Crippen molar-refractivity contribution in [3.05, 3.63) is 36.2 Å². The van der Waals surface area contributed by atoms with Crippen LogP contribution in [0.4, 0.5) is 0 Å². The molecule has 4 atom stereocenters. The second-order valence-corrected chi connectivity index (χ2v) is 9.06. The quantitative estimate of drug-likeness (QED) is 0.356. The predicted octanol–water partition coefficient (Wildman–Crippen LogP) is -0.417. The van der Waals surface area contributed by atoms with Gasteiger partial charge in [-0.1, -0.05) is 5.21 Å². The molecule has 1 aromatic heterocycles. The molecule has 1 aromatic carbocycles. The van der Waals surface area contributed by atoms with Crippen molar-refractivity contribution in [2.75, 3.05) is 6.61 Å². The van der Waals surface area contributed by atoms with Gasteiger partial charge in [-0.2, -0.15) is 0 Å². The molecule has 2 heterocycles. The van der Waals surface area contributed by atoms with Crippen molar-refractivity contribution >= 4 is 27.9 Å². The maximum atomic E-state index is 11.7. The molecule has 0 aliphatic carbocycles. The molecule has 2 N–H and O–H groups in total. The topological polar surface area (TPSA) is 188 Å². The minimum atomic E-state index is -3.83. The number of carbonyl (C=O) groups excluding carboxylic acids is 3. The molecule has 0 saturated carbocycles. The molecule has 0 unspecified atom stereocenters. The first kappa shape index (κ1) is 26.2. The van der Waals surface area contributed by atoms with Crippen molar-refractivity contribution in [2.45, 2.75) is 56.9 Å². The molecule has 0 bridgehead atoms. The number of esters is 3. The highest BCUT2D eigenvalue weighted by molar-refractivity contribution is 7.89. The number of ether oxygens (including phenoxy) is 5. The minimum Gasteiger partial charge on any atom is -0.456 e. The van der Waals surface area contributed by atoms with Crippen LogP contribution in [0.2, 0.25) is 0 Å². The van der Waals surface area contributed by atoms with Crippen molar-refractivity contribution in [1.82, 2.24) is 15.0 Å². The standard InChI is InChI=1S/C20H24N4O10S/c1-11(25)32-17-10-31-20(19(34-13(3)27)18(17)33-12(2)26)30-9-14-8-24(23-22-14)15-4-6-16(7-5-15)35(21,28)29/h4-8,17-20H,9-10H2,1-3H3,(H2,21,28,29)/t17-,18-,19+,20+/m1/s1. The molecule has 1 aliphatic rings. The zero-order chi connectivity index (χ0) is 25.8. The van der Waals surface area contributed by atoms with E-state index >= 15 is 0 Å². The van der Waals surface area contributed by atoms with Crippen molar-refractivity contribution in [3.8, 4) is 5.69 Å². The lowest BCUT2D eigenvalue weighted by Gasteiger charge is -2.40. The van der Waals surface area contributed by atoms with Gasteiger partial charge in [0.25, 0.3) is 0 Å². The van der Waals surface area contributed by atoms with Crippen LogP contribution < -0.4 is 5.14 Å². The number of carbonyl (C=O) groups is 3. The highest BCUT2D eigenvalue weighted by Gasteiger charge is 2.47. The molecular formula is C20H24N4O10S. The van der Waals surface area contributed by atoms with Crippen LogP contribution in [0.15, 0.2) is 35.4 Å². The summed E-state index contributed by atoms with van der Waals surface area (Å²) in [5.74, 6) is -2.01. The van der Waals surface area contributed by atoms with Gasteiger partial charge in [-0.3, -0.25) is 14.4 Å². The summed E-state index contributed by atoms with van der Waals surface area (Å²) < 4.78 is 51.2. The summed E-state index contributed by atoms with van der Waals surface area (Å²) in [6.45, 7) is 3.19. The van der Waals surface area contributed by atoms with Gasteiger partial charge in [0.15, 0.2) is 24.6 Å². The van der Waals surface area contributed by atoms with Gasteiger partial charge in [-0.05, 0) is 24.3 Å². The van der Waals surface area contributed by atoms with Gasteiger partial charge in [0.2, 0.25) is 10.0 Å². The Kier molecular flexibility index (Phi) is 8.16. The Labute approximate surface area is 200 Å². The first-order chi connectivity index (χ1) is 16.4. The third-order valence-corrected chi connectivity index (χ3v) is 5.60. The van der Waals surface area contributed by atoms with Crippen LogP contribution in [0, 0.1) is 0 Å². The van der Waals surface area contributed by atoms with Gasteiger partial charge in [0.1, 0.15) is 5.69 Å². The number of aromatic nitrogens is 3. The van der Waals surface area contributed by atoms with E-state index in [1.54, 1.807) is 0 Å². The summed E-state index contributed by atoms with van der Waals surface area (Å²) in [6, 6.07) is 5.66. The van der Waals surface area contributed by atoms with E-state index in [1.165, 1.54) is 42.1 Å². The van der Waals surface area contributed by atoms with Crippen molar-refractivity contribution in [1.29, 1.82) is 0 Å². The van der Waals surface area contributed by atoms with Gasteiger partial charge in [-0.15, -0.1) is 5.10 Å². The maximum absolute atomic E-state index is 11.7. The van der Waals surface area contributed by atoms with E-state index < -0.39 is 52.5 Å². The third-order valence-electron chi connectivity index (χ3n) is 4.67. The van der Waals surface area contributed by atoms with Crippen LogP contribution in [0.5, 0.6) is 0 Å². The van der Waals surface area contributed by atoms with E-state index in [2.05, 4.69) is 10.3 Å². The number of hydrogen-bond donors (Lipinski definition) is 1. The molecule has 14 nitrogen and oxygen atoms in total. The number of rotatable bonds is 8. The van der Waals surface area contributed by atoms with Gasteiger partial charge in [0, 0.05) is 20.8 Å². The smallest absolute Gasteiger partial charge is 0.303 e. The second kappa shape index (κ2) is 10.9. The van der Waals surface area contributed by atoms with Crippen LogP contribution in [0.1, 0.15) is 26.5 Å². The first-order valence-corrected chi connectivity index (χ1v) is 11.8.